The average Bonchev–Trinajstić information content (AvgIpc) is 2.67. The fourth-order valence-corrected chi connectivity index (χ4v) is 3.14. The number of unbranched alkanes of at least 4 members (excludes halogenated alkanes) is 1. The number of carbonyl (C=O) groups is 3. The highest BCUT2D eigenvalue weighted by molar-refractivity contribution is 5.88. The van der Waals surface area contributed by atoms with Crippen molar-refractivity contribution in [3.05, 3.63) is 48.0 Å². The van der Waals surface area contributed by atoms with Crippen LogP contribution in [0.2, 0.25) is 0 Å². The van der Waals surface area contributed by atoms with E-state index in [2.05, 4.69) is 5.32 Å². The number of fused-ring (bicyclic) bond motifs is 1. The van der Waals surface area contributed by atoms with E-state index in [1.54, 1.807) is 0 Å². The molecule has 0 saturated heterocycles. The Kier molecular flexibility index (Phi) is 7.99. The summed E-state index contributed by atoms with van der Waals surface area (Å²) in [6.45, 7) is 3.16. The number of carbonyl (C=O) groups excluding carboxylic acids is 2. The van der Waals surface area contributed by atoms with Crippen LogP contribution in [-0.4, -0.2) is 35.6 Å². The lowest BCUT2D eigenvalue weighted by atomic mass is 9.94. The zero-order valence-electron chi connectivity index (χ0n) is 16.3. The lowest BCUT2D eigenvalue weighted by molar-refractivity contribution is -0.146. The Hall–Kier alpha value is -2.89. The van der Waals surface area contributed by atoms with Crippen molar-refractivity contribution in [1.29, 1.82) is 0 Å². The summed E-state index contributed by atoms with van der Waals surface area (Å²) in [5, 5.41) is 14.1. The predicted molar refractivity (Wildman–Crippen MR) is 107 cm³/mol. The summed E-state index contributed by atoms with van der Waals surface area (Å²) in [4.78, 5) is 35.5. The summed E-state index contributed by atoms with van der Waals surface area (Å²) in [6.07, 6.45) is 2.26. The van der Waals surface area contributed by atoms with E-state index in [4.69, 9.17) is 4.74 Å². The normalized spacial score (nSPS) is 12.9. The van der Waals surface area contributed by atoms with Gasteiger partial charge in [-0.1, -0.05) is 62.2 Å². The van der Waals surface area contributed by atoms with Crippen LogP contribution >= 0.6 is 0 Å². The van der Waals surface area contributed by atoms with Crippen molar-refractivity contribution >= 4 is 28.6 Å². The molecule has 150 valence electrons. The first-order valence-electron chi connectivity index (χ1n) is 9.55. The largest absolute Gasteiger partial charge is 0.480 e. The molecular formula is C22H27NO5. The van der Waals surface area contributed by atoms with Crippen molar-refractivity contribution in [3.63, 3.8) is 0 Å². The van der Waals surface area contributed by atoms with E-state index in [1.165, 1.54) is 6.92 Å². The number of hydrogen-bond acceptors (Lipinski definition) is 4. The molecule has 0 heterocycles. The number of amides is 1. The molecule has 28 heavy (non-hydrogen) atoms. The quantitative estimate of drug-likeness (QED) is 0.612. The summed E-state index contributed by atoms with van der Waals surface area (Å²) in [7, 11) is 0. The lowest BCUT2D eigenvalue weighted by Crippen LogP contribution is -2.45. The molecular weight excluding hydrogens is 358 g/mol. The standard InChI is InChI=1S/C22H27NO5/c1-3-4-12-20(22(26)27)23-21(25)18(14-28-15(2)24)13-17-10-7-9-16-8-5-6-11-19(16)17/h5-11,18,20H,3-4,12-14H2,1-2H3,(H,23,25)(H,26,27)/t18-,20-/m0/s1. The van der Waals surface area contributed by atoms with Gasteiger partial charge in [-0.15, -0.1) is 0 Å². The molecule has 6 heteroatoms. The first-order valence-corrected chi connectivity index (χ1v) is 9.55. The molecule has 0 aliphatic rings. The van der Waals surface area contributed by atoms with Crippen molar-refractivity contribution in [3.8, 4) is 0 Å². The Balaban J connectivity index is 2.21. The molecule has 0 spiro atoms. The molecule has 0 radical (unpaired) electrons. The first-order chi connectivity index (χ1) is 13.4. The molecule has 2 aromatic carbocycles. The topological polar surface area (TPSA) is 92.7 Å². The molecule has 2 rings (SSSR count). The Bertz CT molecular complexity index is 827. The Morgan fingerprint density at radius 2 is 1.82 bits per heavy atom. The van der Waals surface area contributed by atoms with Crippen LogP contribution < -0.4 is 5.32 Å². The van der Waals surface area contributed by atoms with Crippen molar-refractivity contribution in [1.82, 2.24) is 5.32 Å². The zero-order valence-corrected chi connectivity index (χ0v) is 16.3. The summed E-state index contributed by atoms with van der Waals surface area (Å²) in [5.41, 5.74) is 0.950. The Labute approximate surface area is 164 Å². The van der Waals surface area contributed by atoms with Gasteiger partial charge in [-0.05, 0) is 29.2 Å². The van der Waals surface area contributed by atoms with Crippen LogP contribution in [0, 0.1) is 5.92 Å². The molecule has 0 saturated carbocycles. The van der Waals surface area contributed by atoms with Crippen molar-refractivity contribution in [2.24, 2.45) is 5.92 Å². The maximum absolute atomic E-state index is 12.8. The zero-order chi connectivity index (χ0) is 20.5. The van der Waals surface area contributed by atoms with Gasteiger partial charge in [0.2, 0.25) is 5.91 Å². The molecule has 0 fully saturated rings. The van der Waals surface area contributed by atoms with Gasteiger partial charge >= 0.3 is 11.9 Å². The molecule has 2 N–H and O–H groups in total. The van der Waals surface area contributed by atoms with Gasteiger partial charge in [0.05, 0.1) is 5.92 Å². The molecule has 0 aromatic heterocycles. The van der Waals surface area contributed by atoms with Crippen molar-refractivity contribution in [2.75, 3.05) is 6.61 Å². The fraction of sp³-hybridized carbons (Fsp3) is 0.409. The second-order valence-electron chi connectivity index (χ2n) is 6.88. The third-order valence-corrected chi connectivity index (χ3v) is 4.67. The monoisotopic (exact) mass is 385 g/mol. The molecule has 2 aromatic rings. The highest BCUT2D eigenvalue weighted by Crippen LogP contribution is 2.22. The SMILES string of the molecule is CCCC[C@H](NC(=O)[C@H](COC(C)=O)Cc1cccc2ccccc12)C(=O)O. The molecule has 6 nitrogen and oxygen atoms in total. The predicted octanol–water partition coefficient (Wildman–Crippen LogP) is 3.32. The van der Waals surface area contributed by atoms with E-state index in [-0.39, 0.29) is 6.61 Å². The fourth-order valence-electron chi connectivity index (χ4n) is 3.14. The van der Waals surface area contributed by atoms with Crippen LogP contribution in [0.1, 0.15) is 38.7 Å². The van der Waals surface area contributed by atoms with Gasteiger partial charge in [-0.3, -0.25) is 9.59 Å². The second-order valence-corrected chi connectivity index (χ2v) is 6.88. The van der Waals surface area contributed by atoms with Crippen LogP contribution in [-0.2, 0) is 25.5 Å². The maximum Gasteiger partial charge on any atom is 0.326 e. The van der Waals surface area contributed by atoms with Gasteiger partial charge < -0.3 is 15.2 Å². The first kappa shape index (κ1) is 21.4. The number of carboxylic acid groups (broad SMARTS) is 1. The number of hydrogen-bond donors (Lipinski definition) is 2. The van der Waals surface area contributed by atoms with Crippen LogP contribution in [0.5, 0.6) is 0 Å². The second kappa shape index (κ2) is 10.4. The minimum atomic E-state index is -1.06. The minimum Gasteiger partial charge on any atom is -0.480 e. The maximum atomic E-state index is 12.8. The average molecular weight is 385 g/mol. The van der Waals surface area contributed by atoms with Crippen LogP contribution in [0.3, 0.4) is 0 Å². The lowest BCUT2D eigenvalue weighted by Gasteiger charge is -2.21. The number of rotatable bonds is 10. The highest BCUT2D eigenvalue weighted by atomic mass is 16.5. The highest BCUT2D eigenvalue weighted by Gasteiger charge is 2.26. The van der Waals surface area contributed by atoms with Crippen molar-refractivity contribution < 1.29 is 24.2 Å². The van der Waals surface area contributed by atoms with Gasteiger partial charge in [0.1, 0.15) is 12.6 Å². The number of esters is 1. The summed E-state index contributed by atoms with van der Waals surface area (Å²) in [6, 6.07) is 12.7. The molecule has 2 atom stereocenters. The van der Waals surface area contributed by atoms with Crippen LogP contribution in [0.4, 0.5) is 0 Å². The minimum absolute atomic E-state index is 0.0928. The van der Waals surface area contributed by atoms with E-state index >= 15 is 0 Å². The Morgan fingerprint density at radius 3 is 2.50 bits per heavy atom. The number of aliphatic carboxylic acids is 1. The Morgan fingerprint density at radius 1 is 1.11 bits per heavy atom. The van der Waals surface area contributed by atoms with E-state index in [1.807, 2.05) is 49.4 Å². The van der Waals surface area contributed by atoms with Gasteiger partial charge in [0.25, 0.3) is 0 Å². The summed E-state index contributed by atoms with van der Waals surface area (Å²) < 4.78 is 5.09. The number of benzene rings is 2. The van der Waals surface area contributed by atoms with Gasteiger partial charge in [-0.25, -0.2) is 4.79 Å². The number of ether oxygens (including phenoxy) is 1. The van der Waals surface area contributed by atoms with Gasteiger partial charge in [0.15, 0.2) is 0 Å². The van der Waals surface area contributed by atoms with E-state index < -0.39 is 29.8 Å². The third kappa shape index (κ3) is 6.08. The van der Waals surface area contributed by atoms with Crippen molar-refractivity contribution in [2.45, 2.75) is 45.6 Å². The summed E-state index contributed by atoms with van der Waals surface area (Å²) in [5.74, 6) is -2.62. The molecule has 0 bridgehead atoms. The van der Waals surface area contributed by atoms with Crippen LogP contribution in [0.25, 0.3) is 10.8 Å². The third-order valence-electron chi connectivity index (χ3n) is 4.67. The smallest absolute Gasteiger partial charge is 0.326 e. The van der Waals surface area contributed by atoms with E-state index in [9.17, 15) is 19.5 Å². The van der Waals surface area contributed by atoms with Gasteiger partial charge in [0, 0.05) is 6.92 Å². The number of nitrogens with one attached hydrogen (secondary N) is 1. The van der Waals surface area contributed by atoms with Gasteiger partial charge in [-0.2, -0.15) is 0 Å². The molecule has 0 unspecified atom stereocenters. The number of carboxylic acids is 1. The van der Waals surface area contributed by atoms with E-state index in [0.29, 0.717) is 19.3 Å². The molecule has 1 amide bonds. The summed E-state index contributed by atoms with van der Waals surface area (Å²) >= 11 is 0. The molecule has 0 aliphatic heterocycles. The molecule has 0 aliphatic carbocycles. The van der Waals surface area contributed by atoms with Crippen LogP contribution in [0.15, 0.2) is 42.5 Å². The van der Waals surface area contributed by atoms with E-state index in [0.717, 1.165) is 22.8 Å².